The summed E-state index contributed by atoms with van der Waals surface area (Å²) in [4.78, 5) is 37.1. The van der Waals surface area contributed by atoms with Crippen molar-refractivity contribution in [3.05, 3.63) is 65.2 Å². The second-order valence-corrected chi connectivity index (χ2v) is 6.21. The molecule has 2 aromatic carbocycles. The molecule has 1 aliphatic rings. The zero-order valence-corrected chi connectivity index (χ0v) is 14.7. The van der Waals surface area contributed by atoms with Crippen LogP contribution in [0.2, 0.25) is 0 Å². The zero-order chi connectivity index (χ0) is 19.2. The number of anilines is 1. The molecule has 0 aromatic heterocycles. The first-order chi connectivity index (χ1) is 13.0. The summed E-state index contributed by atoms with van der Waals surface area (Å²) in [7, 11) is 0. The number of amides is 2. The Hall–Kier alpha value is -3.19. The van der Waals surface area contributed by atoms with E-state index >= 15 is 0 Å². The van der Waals surface area contributed by atoms with Gasteiger partial charge in [0.1, 0.15) is 0 Å². The van der Waals surface area contributed by atoms with Crippen LogP contribution < -0.4 is 5.32 Å². The van der Waals surface area contributed by atoms with Crippen molar-refractivity contribution < 1.29 is 24.2 Å². The minimum Gasteiger partial charge on any atom is -0.478 e. The summed E-state index contributed by atoms with van der Waals surface area (Å²) in [5.74, 6) is -1.27. The predicted octanol–water partition coefficient (Wildman–Crippen LogP) is 2.04. The average Bonchev–Trinajstić information content (AvgIpc) is 2.69. The molecule has 0 radical (unpaired) electrons. The zero-order valence-electron chi connectivity index (χ0n) is 14.7. The maximum absolute atomic E-state index is 12.4. The third-order valence-electron chi connectivity index (χ3n) is 4.28. The fraction of sp³-hybridized carbons (Fsp3) is 0.250. The first kappa shape index (κ1) is 18.6. The largest absolute Gasteiger partial charge is 0.478 e. The Balaban J connectivity index is 1.56. The standard InChI is InChI=1S/C20H20N2O5/c23-18(13-14-1-3-16(4-2-14)20(25)26)21-17-7-5-15(6-8-17)19(24)22-9-11-27-12-10-22/h1-8H,9-13H2,(H,21,23)(H,25,26). The van der Waals surface area contributed by atoms with Crippen molar-refractivity contribution in [2.45, 2.75) is 6.42 Å². The van der Waals surface area contributed by atoms with Crippen LogP contribution in [0.4, 0.5) is 5.69 Å². The smallest absolute Gasteiger partial charge is 0.335 e. The highest BCUT2D eigenvalue weighted by Crippen LogP contribution is 2.14. The average molecular weight is 368 g/mol. The molecule has 0 unspecified atom stereocenters. The van der Waals surface area contributed by atoms with Gasteiger partial charge in [-0.25, -0.2) is 4.79 Å². The number of hydrogen-bond donors (Lipinski definition) is 2. The van der Waals surface area contributed by atoms with Crippen LogP contribution in [0.3, 0.4) is 0 Å². The molecular weight excluding hydrogens is 348 g/mol. The first-order valence-corrected chi connectivity index (χ1v) is 8.62. The number of carbonyl (C=O) groups excluding carboxylic acids is 2. The lowest BCUT2D eigenvalue weighted by Crippen LogP contribution is -2.40. The number of nitrogens with one attached hydrogen (secondary N) is 1. The fourth-order valence-electron chi connectivity index (χ4n) is 2.80. The van der Waals surface area contributed by atoms with E-state index in [1.165, 1.54) is 12.1 Å². The number of carboxylic acids is 1. The van der Waals surface area contributed by atoms with Crippen LogP contribution >= 0.6 is 0 Å². The van der Waals surface area contributed by atoms with E-state index < -0.39 is 5.97 Å². The second kappa shape index (κ2) is 8.46. The Kier molecular flexibility index (Phi) is 5.83. The Bertz CT molecular complexity index is 824. The van der Waals surface area contributed by atoms with Gasteiger partial charge in [0, 0.05) is 24.3 Å². The van der Waals surface area contributed by atoms with Gasteiger partial charge in [-0.15, -0.1) is 0 Å². The normalized spacial score (nSPS) is 13.9. The Morgan fingerprint density at radius 2 is 1.52 bits per heavy atom. The summed E-state index contributed by atoms with van der Waals surface area (Å²) < 4.78 is 5.25. The number of nitrogens with zero attached hydrogens (tertiary/aromatic N) is 1. The van der Waals surface area contributed by atoms with Crippen LogP contribution in [0.25, 0.3) is 0 Å². The van der Waals surface area contributed by atoms with Gasteiger partial charge in [0.15, 0.2) is 0 Å². The number of ether oxygens (including phenoxy) is 1. The quantitative estimate of drug-likeness (QED) is 0.842. The van der Waals surface area contributed by atoms with E-state index in [-0.39, 0.29) is 23.8 Å². The fourth-order valence-corrected chi connectivity index (χ4v) is 2.80. The molecule has 0 aliphatic carbocycles. The van der Waals surface area contributed by atoms with Crippen molar-refractivity contribution in [3.63, 3.8) is 0 Å². The van der Waals surface area contributed by atoms with Crippen molar-refractivity contribution in [1.29, 1.82) is 0 Å². The molecule has 2 aromatic rings. The molecule has 140 valence electrons. The second-order valence-electron chi connectivity index (χ2n) is 6.21. The molecule has 1 fully saturated rings. The van der Waals surface area contributed by atoms with Gasteiger partial charge in [-0.05, 0) is 42.0 Å². The molecule has 7 nitrogen and oxygen atoms in total. The maximum atomic E-state index is 12.4. The monoisotopic (exact) mass is 368 g/mol. The minimum atomic E-state index is -1.00. The summed E-state index contributed by atoms with van der Waals surface area (Å²) in [6.45, 7) is 2.26. The van der Waals surface area contributed by atoms with Crippen molar-refractivity contribution in [3.8, 4) is 0 Å². The van der Waals surface area contributed by atoms with Crippen molar-refractivity contribution >= 4 is 23.5 Å². The minimum absolute atomic E-state index is 0.0466. The summed E-state index contributed by atoms with van der Waals surface area (Å²) >= 11 is 0. The van der Waals surface area contributed by atoms with E-state index in [0.29, 0.717) is 37.6 Å². The number of benzene rings is 2. The molecule has 0 bridgehead atoms. The van der Waals surface area contributed by atoms with Gasteiger partial charge < -0.3 is 20.1 Å². The highest BCUT2D eigenvalue weighted by atomic mass is 16.5. The first-order valence-electron chi connectivity index (χ1n) is 8.62. The summed E-state index contributed by atoms with van der Waals surface area (Å²) in [5.41, 5.74) is 2.07. The SMILES string of the molecule is O=C(Cc1ccc(C(=O)O)cc1)Nc1ccc(C(=O)N2CCOCC2)cc1. The summed E-state index contributed by atoms with van der Waals surface area (Å²) in [6.07, 6.45) is 0.133. The maximum Gasteiger partial charge on any atom is 0.335 e. The lowest BCUT2D eigenvalue weighted by molar-refractivity contribution is -0.115. The van der Waals surface area contributed by atoms with Crippen LogP contribution in [-0.2, 0) is 16.0 Å². The van der Waals surface area contributed by atoms with Gasteiger partial charge in [-0.1, -0.05) is 12.1 Å². The lowest BCUT2D eigenvalue weighted by Gasteiger charge is -2.26. The van der Waals surface area contributed by atoms with Crippen LogP contribution in [0.15, 0.2) is 48.5 Å². The van der Waals surface area contributed by atoms with E-state index in [1.807, 2.05) is 0 Å². The van der Waals surface area contributed by atoms with Gasteiger partial charge >= 0.3 is 5.97 Å². The van der Waals surface area contributed by atoms with Crippen LogP contribution in [0, 0.1) is 0 Å². The topological polar surface area (TPSA) is 95.9 Å². The van der Waals surface area contributed by atoms with Crippen LogP contribution in [0.1, 0.15) is 26.3 Å². The van der Waals surface area contributed by atoms with Gasteiger partial charge in [-0.2, -0.15) is 0 Å². The van der Waals surface area contributed by atoms with E-state index in [2.05, 4.69) is 5.32 Å². The van der Waals surface area contributed by atoms with E-state index in [0.717, 1.165) is 5.56 Å². The highest BCUT2D eigenvalue weighted by molar-refractivity contribution is 5.96. The van der Waals surface area contributed by atoms with Gasteiger partial charge in [0.2, 0.25) is 5.91 Å². The van der Waals surface area contributed by atoms with E-state index in [4.69, 9.17) is 9.84 Å². The lowest BCUT2D eigenvalue weighted by atomic mass is 10.1. The molecule has 2 amide bonds. The van der Waals surface area contributed by atoms with Crippen LogP contribution in [-0.4, -0.2) is 54.1 Å². The molecule has 1 saturated heterocycles. The molecule has 2 N–H and O–H groups in total. The van der Waals surface area contributed by atoms with Gasteiger partial charge in [0.25, 0.3) is 5.91 Å². The predicted molar refractivity (Wildman–Crippen MR) is 98.9 cm³/mol. The van der Waals surface area contributed by atoms with E-state index in [1.54, 1.807) is 41.3 Å². The Morgan fingerprint density at radius 3 is 2.11 bits per heavy atom. The number of rotatable bonds is 5. The van der Waals surface area contributed by atoms with Gasteiger partial charge in [-0.3, -0.25) is 9.59 Å². The third-order valence-corrected chi connectivity index (χ3v) is 4.28. The molecule has 1 aliphatic heterocycles. The number of morpholine rings is 1. The van der Waals surface area contributed by atoms with Crippen molar-refractivity contribution in [1.82, 2.24) is 4.90 Å². The number of aromatic carboxylic acids is 1. The van der Waals surface area contributed by atoms with Crippen molar-refractivity contribution in [2.75, 3.05) is 31.6 Å². The highest BCUT2D eigenvalue weighted by Gasteiger charge is 2.18. The Morgan fingerprint density at radius 1 is 0.926 bits per heavy atom. The summed E-state index contributed by atoms with van der Waals surface area (Å²) in [5, 5.41) is 11.7. The number of hydrogen-bond acceptors (Lipinski definition) is 4. The molecule has 1 heterocycles. The van der Waals surface area contributed by atoms with E-state index in [9.17, 15) is 14.4 Å². The molecule has 0 spiro atoms. The molecule has 0 atom stereocenters. The molecule has 3 rings (SSSR count). The van der Waals surface area contributed by atoms with Crippen LogP contribution in [0.5, 0.6) is 0 Å². The molecular formula is C20H20N2O5. The van der Waals surface area contributed by atoms with Crippen molar-refractivity contribution in [2.24, 2.45) is 0 Å². The molecule has 27 heavy (non-hydrogen) atoms. The Labute approximate surface area is 156 Å². The van der Waals surface area contributed by atoms with Gasteiger partial charge in [0.05, 0.1) is 25.2 Å². The molecule has 7 heteroatoms. The molecule has 0 saturated carbocycles. The third kappa shape index (κ3) is 4.92. The number of carbonyl (C=O) groups is 3. The summed E-state index contributed by atoms with van der Waals surface area (Å²) in [6, 6.07) is 12.9. The number of carboxylic acid groups (broad SMARTS) is 1.